The first-order chi connectivity index (χ1) is 10.6. The van der Waals surface area contributed by atoms with Crippen molar-refractivity contribution in [1.29, 1.82) is 0 Å². The van der Waals surface area contributed by atoms with Crippen LogP contribution in [0, 0.1) is 0 Å². The minimum atomic E-state index is -6.00. The molecule has 3 nitrogen and oxygen atoms in total. The van der Waals surface area contributed by atoms with Crippen LogP contribution in [0.1, 0.15) is 19.3 Å². The maximum absolute atomic E-state index is 10.1. The van der Waals surface area contributed by atoms with Gasteiger partial charge in [-0.25, -0.2) is 0 Å². The number of halogens is 12. The van der Waals surface area contributed by atoms with E-state index in [2.05, 4.69) is 6.58 Å². The molecule has 0 radical (unpaired) electrons. The molecule has 0 bridgehead atoms. The molecular weight excluding hydrogens is 419 g/mol. The van der Waals surface area contributed by atoms with E-state index in [1.165, 1.54) is 0 Å². The summed E-state index contributed by atoms with van der Waals surface area (Å²) in [6, 6.07) is 0. The maximum atomic E-state index is 10.1. The van der Waals surface area contributed by atoms with Gasteiger partial charge in [-0.1, -0.05) is 6.08 Å². The van der Waals surface area contributed by atoms with E-state index < -0.39 is 31.9 Å². The number of hydrogen-bond acceptors (Lipinski definition) is 2. The number of hydrogen-bond donors (Lipinski definition) is 1. The molecule has 0 aliphatic carbocycles. The van der Waals surface area contributed by atoms with Gasteiger partial charge in [0.2, 0.25) is 0 Å². The Bertz CT molecular complexity index is 377. The molecule has 0 fully saturated rings. The predicted octanol–water partition coefficient (Wildman–Crippen LogP) is 4.48. The molecule has 0 aliphatic rings. The zero-order valence-electron chi connectivity index (χ0n) is 12.1. The predicted molar refractivity (Wildman–Crippen MR) is 78.2 cm³/mol. The Labute approximate surface area is 153 Å². The van der Waals surface area contributed by atoms with Gasteiger partial charge in [0.05, 0.1) is 5.75 Å². The summed E-state index contributed by atoms with van der Waals surface area (Å²) in [5.74, 6) is -0.138. The van der Waals surface area contributed by atoms with E-state index in [4.69, 9.17) is 4.55 Å². The van der Waals surface area contributed by atoms with Crippen LogP contribution in [0.5, 0.6) is 0 Å². The molecule has 0 saturated carbocycles. The van der Waals surface area contributed by atoms with Gasteiger partial charge in [-0.05, 0) is 19.3 Å². The van der Waals surface area contributed by atoms with E-state index in [1.807, 2.05) is 0 Å². The molecule has 0 aromatic rings. The third-order valence-electron chi connectivity index (χ3n) is 1.06. The van der Waals surface area contributed by atoms with Crippen LogP contribution < -0.4 is 0 Å². The van der Waals surface area contributed by atoms with Gasteiger partial charge in [-0.3, -0.25) is 4.55 Å². The quantitative estimate of drug-likeness (QED) is 0.229. The number of rotatable bonds is 5. The fraction of sp³-hybridized carbons (Fsp3) is 0.667. The number of allylic oxidation sites excluding steroid dienone is 1. The molecule has 0 atom stereocenters. The summed E-state index contributed by atoms with van der Waals surface area (Å²) in [7, 11) is -21.7. The Hall–Kier alpha value is -0.398. The first-order valence-electron chi connectivity index (χ1n) is 5.74. The molecule has 0 amide bonds. The summed E-state index contributed by atoms with van der Waals surface area (Å²) >= 11 is 0. The molecule has 0 saturated heterocycles. The van der Waals surface area contributed by atoms with Gasteiger partial charge in [0.15, 0.2) is 0 Å². The number of unbranched alkanes of at least 4 members (excludes halogenated alkanes) is 2. The molecule has 0 spiro atoms. The zero-order valence-corrected chi connectivity index (χ0v) is 12.9. The first-order valence-corrected chi connectivity index (χ1v) is 7.35. The van der Waals surface area contributed by atoms with Crippen molar-refractivity contribution < 1.29 is 64.8 Å². The summed E-state index contributed by atoms with van der Waals surface area (Å²) in [5.41, 5.74) is 0. The summed E-state index contributed by atoms with van der Waals surface area (Å²) in [4.78, 5) is 0. The second-order valence-corrected chi connectivity index (χ2v) is 5.13. The van der Waals surface area contributed by atoms with Crippen LogP contribution in [-0.4, -0.2) is 59.3 Å². The standard InChI is InChI=1S/C6H12O3S.3BF4.Li.H/c1-2-3-4-5-6-10(7,8)9;3*2-1(3,4)5;;/h2H,1,3-6H2,(H,7,8,9);;;;;/q;3*-1;;. The van der Waals surface area contributed by atoms with E-state index >= 15 is 0 Å². The Morgan fingerprint density at radius 3 is 1.12 bits per heavy atom. The van der Waals surface area contributed by atoms with Crippen molar-refractivity contribution in [2.24, 2.45) is 0 Å². The molecule has 0 aliphatic heterocycles. The molecule has 1 N–H and O–H groups in total. The topological polar surface area (TPSA) is 54.4 Å². The Morgan fingerprint density at radius 2 is 0.962 bits per heavy atom. The van der Waals surface area contributed by atoms with Crippen molar-refractivity contribution in [2.75, 3.05) is 5.75 Å². The molecule has 0 aromatic carbocycles. The SMILES string of the molecule is C=CCCCCS(=O)(=O)O.F[B-](F)(F)F.F[B-](F)(F)F.F[B-](F)(F)F.[LiH]. The van der Waals surface area contributed by atoms with Crippen LogP contribution in [0.2, 0.25) is 0 Å². The molecular formula is C6H13B3F12LiO3S-3. The van der Waals surface area contributed by atoms with Crippen molar-refractivity contribution in [1.82, 2.24) is 0 Å². The Morgan fingerprint density at radius 1 is 0.731 bits per heavy atom. The molecule has 0 unspecified atom stereocenters. The molecule has 26 heavy (non-hydrogen) atoms. The Kier molecular flexibility index (Phi) is 23.5. The Balaban J connectivity index is -0.0000000794. The van der Waals surface area contributed by atoms with E-state index in [-0.39, 0.29) is 24.6 Å². The van der Waals surface area contributed by atoms with Crippen molar-refractivity contribution in [3.63, 3.8) is 0 Å². The van der Waals surface area contributed by atoms with Crippen LogP contribution in [0.15, 0.2) is 12.7 Å². The van der Waals surface area contributed by atoms with Crippen LogP contribution in [-0.2, 0) is 10.1 Å². The van der Waals surface area contributed by atoms with Crippen LogP contribution in [0.25, 0.3) is 0 Å². The van der Waals surface area contributed by atoms with Crippen LogP contribution >= 0.6 is 0 Å². The van der Waals surface area contributed by atoms with Gasteiger partial charge in [0.25, 0.3) is 10.1 Å². The summed E-state index contributed by atoms with van der Waals surface area (Å²) in [5, 5.41) is 0. The average Bonchev–Trinajstić information content (AvgIpc) is 2.15. The van der Waals surface area contributed by atoms with Gasteiger partial charge in [0.1, 0.15) is 0 Å². The van der Waals surface area contributed by atoms with Gasteiger partial charge < -0.3 is 51.8 Å². The van der Waals surface area contributed by atoms with E-state index in [0.717, 1.165) is 12.8 Å². The van der Waals surface area contributed by atoms with E-state index in [0.29, 0.717) is 6.42 Å². The second-order valence-electron chi connectivity index (χ2n) is 3.56. The first kappa shape index (κ1) is 36.5. The molecule has 0 aromatic heterocycles. The third kappa shape index (κ3) is 277. The van der Waals surface area contributed by atoms with Gasteiger partial charge in [-0.2, -0.15) is 8.42 Å². The monoisotopic (exact) mass is 433 g/mol. The van der Waals surface area contributed by atoms with Crippen molar-refractivity contribution >= 4 is 50.7 Å². The molecule has 0 heterocycles. The van der Waals surface area contributed by atoms with Gasteiger partial charge >= 0.3 is 40.6 Å². The summed E-state index contributed by atoms with van der Waals surface area (Å²) < 4.78 is 146. The average molecular weight is 433 g/mol. The summed E-state index contributed by atoms with van der Waals surface area (Å²) in [6.07, 6.45) is 3.80. The minimum absolute atomic E-state index is 0. The molecule has 0 rings (SSSR count). The molecule has 158 valence electrons. The molecule has 20 heteroatoms. The van der Waals surface area contributed by atoms with E-state index in [1.54, 1.807) is 6.08 Å². The van der Waals surface area contributed by atoms with Crippen LogP contribution in [0.3, 0.4) is 0 Å². The normalized spacial score (nSPS) is 11.3. The van der Waals surface area contributed by atoms with E-state index in [9.17, 15) is 60.2 Å². The van der Waals surface area contributed by atoms with Gasteiger partial charge in [-0.15, -0.1) is 6.58 Å². The van der Waals surface area contributed by atoms with Crippen molar-refractivity contribution in [2.45, 2.75) is 19.3 Å². The van der Waals surface area contributed by atoms with Gasteiger partial charge in [0, 0.05) is 0 Å². The summed E-state index contributed by atoms with van der Waals surface area (Å²) in [6.45, 7) is 3.48. The van der Waals surface area contributed by atoms with Crippen molar-refractivity contribution in [3.8, 4) is 0 Å². The fourth-order valence-electron chi connectivity index (χ4n) is 0.573. The fourth-order valence-corrected chi connectivity index (χ4v) is 1.14. The van der Waals surface area contributed by atoms with Crippen molar-refractivity contribution in [3.05, 3.63) is 12.7 Å². The van der Waals surface area contributed by atoms with Crippen LogP contribution in [0.4, 0.5) is 51.8 Å². The zero-order chi connectivity index (χ0) is 21.5. The third-order valence-corrected chi connectivity index (χ3v) is 1.87. The second kappa shape index (κ2) is 16.8.